The molecule has 0 aliphatic carbocycles. The van der Waals surface area contributed by atoms with Crippen LogP contribution in [0.25, 0.3) is 0 Å². The number of nitrogens with one attached hydrogen (secondary N) is 1. The molecule has 2 aromatic rings. The number of hydrogen-bond donors (Lipinski definition) is 1. The van der Waals surface area contributed by atoms with E-state index in [1.54, 1.807) is 29.2 Å². The second kappa shape index (κ2) is 7.72. The van der Waals surface area contributed by atoms with Gasteiger partial charge in [-0.25, -0.2) is 4.98 Å². The van der Waals surface area contributed by atoms with Crippen molar-refractivity contribution < 1.29 is 9.59 Å². The molecule has 2 rings (SSSR count). The van der Waals surface area contributed by atoms with E-state index in [0.29, 0.717) is 17.8 Å². The molecule has 2 heterocycles. The summed E-state index contributed by atoms with van der Waals surface area (Å²) in [7, 11) is 0. The quantitative estimate of drug-likeness (QED) is 0.787. The topological polar surface area (TPSA) is 59.1 Å². The Labute approximate surface area is 136 Å². The van der Waals surface area contributed by atoms with Crippen LogP contribution < -0.4 is 5.32 Å². The number of nitrogens with zero attached hydrogens (tertiary/aromatic N) is 1. The van der Waals surface area contributed by atoms with Gasteiger partial charge in [0.2, 0.25) is 5.91 Å². The molecule has 0 bridgehead atoms. The summed E-state index contributed by atoms with van der Waals surface area (Å²) in [6.45, 7) is 1.98. The Balaban J connectivity index is 1.82. The Hall–Kier alpha value is -1.18. The predicted octanol–water partition coefficient (Wildman–Crippen LogP) is 3.13. The highest BCUT2D eigenvalue weighted by Crippen LogP contribution is 2.16. The molecule has 1 N–H and O–H groups in total. The van der Waals surface area contributed by atoms with Gasteiger partial charge in [-0.3, -0.25) is 9.59 Å². The molecule has 112 valence electrons. The van der Waals surface area contributed by atoms with Crippen LogP contribution in [-0.2, 0) is 23.5 Å². The predicted molar refractivity (Wildman–Crippen MR) is 89.2 cm³/mol. The zero-order chi connectivity index (χ0) is 15.2. The number of carbonyl (C=O) groups is 2. The molecule has 0 saturated carbocycles. The maximum absolute atomic E-state index is 11.9. The lowest BCUT2D eigenvalue weighted by Crippen LogP contribution is -2.24. The third-order valence-electron chi connectivity index (χ3n) is 2.70. The van der Waals surface area contributed by atoms with E-state index in [-0.39, 0.29) is 11.7 Å². The number of carbonyl (C=O) groups excluding carboxylic acids is 2. The summed E-state index contributed by atoms with van der Waals surface area (Å²) >= 11 is 4.73. The maximum Gasteiger partial charge on any atom is 0.224 e. The molecule has 0 saturated heterocycles. The highest BCUT2D eigenvalue weighted by molar-refractivity contribution is 7.97. The van der Waals surface area contributed by atoms with Crippen LogP contribution >= 0.6 is 34.4 Å². The van der Waals surface area contributed by atoms with Crippen LogP contribution in [-0.4, -0.2) is 22.9 Å². The SMILES string of the molecule is CSCc1nc(CNC(=O)Cc2csc(C(C)=O)c2)cs1. The van der Waals surface area contributed by atoms with E-state index >= 15 is 0 Å². The first-order valence-corrected chi connectivity index (χ1v) is 9.51. The number of thiazole rings is 1. The molecule has 0 atom stereocenters. The molecule has 0 aliphatic rings. The molecule has 21 heavy (non-hydrogen) atoms. The maximum atomic E-state index is 11.9. The van der Waals surface area contributed by atoms with Crippen molar-refractivity contribution in [2.24, 2.45) is 0 Å². The van der Waals surface area contributed by atoms with Crippen LogP contribution in [0.2, 0.25) is 0 Å². The molecule has 2 aromatic heterocycles. The van der Waals surface area contributed by atoms with Crippen molar-refractivity contribution in [3.63, 3.8) is 0 Å². The summed E-state index contributed by atoms with van der Waals surface area (Å²) in [5.74, 6) is 0.888. The van der Waals surface area contributed by atoms with E-state index in [4.69, 9.17) is 0 Å². The zero-order valence-electron chi connectivity index (χ0n) is 11.8. The van der Waals surface area contributed by atoms with Crippen molar-refractivity contribution in [1.29, 1.82) is 0 Å². The number of thioether (sulfide) groups is 1. The van der Waals surface area contributed by atoms with Crippen molar-refractivity contribution in [3.05, 3.63) is 38.0 Å². The van der Waals surface area contributed by atoms with Gasteiger partial charge >= 0.3 is 0 Å². The van der Waals surface area contributed by atoms with Crippen LogP contribution in [0.15, 0.2) is 16.8 Å². The first-order chi connectivity index (χ1) is 10.1. The van der Waals surface area contributed by atoms with Crippen LogP contribution in [0.1, 0.15) is 32.9 Å². The summed E-state index contributed by atoms with van der Waals surface area (Å²) in [6.07, 6.45) is 2.34. The van der Waals surface area contributed by atoms with Gasteiger partial charge in [-0.2, -0.15) is 11.8 Å². The Morgan fingerprint density at radius 1 is 1.33 bits per heavy atom. The zero-order valence-corrected chi connectivity index (χ0v) is 14.3. The van der Waals surface area contributed by atoms with Crippen molar-refractivity contribution >= 4 is 46.1 Å². The molecule has 0 aromatic carbocycles. The van der Waals surface area contributed by atoms with E-state index in [2.05, 4.69) is 10.3 Å². The normalized spacial score (nSPS) is 10.6. The third-order valence-corrected chi connectivity index (χ3v) is 5.42. The summed E-state index contributed by atoms with van der Waals surface area (Å²) in [5.41, 5.74) is 1.77. The molecule has 7 heteroatoms. The van der Waals surface area contributed by atoms with E-state index < -0.39 is 0 Å². The van der Waals surface area contributed by atoms with Crippen molar-refractivity contribution in [2.75, 3.05) is 6.26 Å². The highest BCUT2D eigenvalue weighted by atomic mass is 32.2. The van der Waals surface area contributed by atoms with Gasteiger partial charge in [0.05, 0.1) is 23.5 Å². The molecule has 0 spiro atoms. The standard InChI is InChI=1S/C14H16N2O2S3/c1-9(17)12-3-10(6-20-12)4-13(18)15-5-11-7-21-14(16-11)8-19-2/h3,6-7H,4-5,8H2,1-2H3,(H,15,18). The number of aromatic nitrogens is 1. The average Bonchev–Trinajstić information content (AvgIpc) is 3.06. The van der Waals surface area contributed by atoms with Crippen LogP contribution in [0.4, 0.5) is 0 Å². The number of thiophene rings is 1. The number of amides is 1. The van der Waals surface area contributed by atoms with E-state index in [1.807, 2.05) is 17.0 Å². The first-order valence-electron chi connectivity index (χ1n) is 6.35. The fourth-order valence-electron chi connectivity index (χ4n) is 1.71. The lowest BCUT2D eigenvalue weighted by atomic mass is 10.2. The Bertz CT molecular complexity index is 634. The Morgan fingerprint density at radius 2 is 2.14 bits per heavy atom. The van der Waals surface area contributed by atoms with Gasteiger partial charge < -0.3 is 5.32 Å². The summed E-state index contributed by atoms with van der Waals surface area (Å²) in [5, 5.41) is 7.77. The number of Topliss-reactive ketones (excluding diaryl/α,β-unsaturated/α-hetero) is 1. The third kappa shape index (κ3) is 4.94. The number of ketones is 1. The highest BCUT2D eigenvalue weighted by Gasteiger charge is 2.09. The summed E-state index contributed by atoms with van der Waals surface area (Å²) < 4.78 is 0. The molecule has 0 radical (unpaired) electrons. The lowest BCUT2D eigenvalue weighted by molar-refractivity contribution is -0.120. The van der Waals surface area contributed by atoms with E-state index in [1.165, 1.54) is 18.3 Å². The minimum Gasteiger partial charge on any atom is -0.350 e. The molecular formula is C14H16N2O2S3. The summed E-state index contributed by atoms with van der Waals surface area (Å²) in [4.78, 5) is 28.2. The van der Waals surface area contributed by atoms with Gasteiger partial charge in [0.15, 0.2) is 5.78 Å². The minimum atomic E-state index is -0.0534. The van der Waals surface area contributed by atoms with Crippen LogP contribution in [0.3, 0.4) is 0 Å². The number of rotatable bonds is 7. The second-order valence-corrected chi connectivity index (χ2v) is 7.21. The van der Waals surface area contributed by atoms with Crippen molar-refractivity contribution in [3.8, 4) is 0 Å². The van der Waals surface area contributed by atoms with Gasteiger partial charge in [-0.15, -0.1) is 22.7 Å². The molecular weight excluding hydrogens is 324 g/mol. The van der Waals surface area contributed by atoms with Crippen LogP contribution in [0.5, 0.6) is 0 Å². The van der Waals surface area contributed by atoms with Gasteiger partial charge in [-0.05, 0) is 30.2 Å². The molecule has 0 aliphatic heterocycles. The van der Waals surface area contributed by atoms with Crippen LogP contribution in [0, 0.1) is 0 Å². The summed E-state index contributed by atoms with van der Waals surface area (Å²) in [6, 6.07) is 1.78. The molecule has 0 unspecified atom stereocenters. The first kappa shape index (κ1) is 16.2. The van der Waals surface area contributed by atoms with Gasteiger partial charge in [0.25, 0.3) is 0 Å². The van der Waals surface area contributed by atoms with Crippen molar-refractivity contribution in [1.82, 2.24) is 10.3 Å². The largest absolute Gasteiger partial charge is 0.350 e. The molecule has 1 amide bonds. The van der Waals surface area contributed by atoms with Gasteiger partial charge in [0.1, 0.15) is 5.01 Å². The smallest absolute Gasteiger partial charge is 0.224 e. The van der Waals surface area contributed by atoms with Gasteiger partial charge in [0, 0.05) is 11.1 Å². The molecule has 0 fully saturated rings. The molecule has 4 nitrogen and oxygen atoms in total. The van der Waals surface area contributed by atoms with Gasteiger partial charge in [-0.1, -0.05) is 0 Å². The fourth-order valence-corrected chi connectivity index (χ4v) is 4.04. The Kier molecular flexibility index (Phi) is 5.96. The van der Waals surface area contributed by atoms with E-state index in [0.717, 1.165) is 22.0 Å². The Morgan fingerprint density at radius 3 is 2.81 bits per heavy atom. The minimum absolute atomic E-state index is 0.0375. The monoisotopic (exact) mass is 340 g/mol. The lowest BCUT2D eigenvalue weighted by Gasteiger charge is -2.01. The average molecular weight is 340 g/mol. The second-order valence-electron chi connectivity index (χ2n) is 4.49. The number of hydrogen-bond acceptors (Lipinski definition) is 6. The fraction of sp³-hybridized carbons (Fsp3) is 0.357. The van der Waals surface area contributed by atoms with E-state index in [9.17, 15) is 9.59 Å². The van der Waals surface area contributed by atoms with Crippen molar-refractivity contribution in [2.45, 2.75) is 25.6 Å².